The molecule has 0 bridgehead atoms. The van der Waals surface area contributed by atoms with Crippen molar-refractivity contribution in [1.29, 1.82) is 0 Å². The molecule has 0 spiro atoms. The van der Waals surface area contributed by atoms with E-state index in [1.165, 1.54) is 12.1 Å². The molecule has 3 aromatic carbocycles. The third kappa shape index (κ3) is 6.70. The highest BCUT2D eigenvalue weighted by atomic mass is 19.4. The summed E-state index contributed by atoms with van der Waals surface area (Å²) >= 11 is 0. The Labute approximate surface area is 216 Å². The van der Waals surface area contributed by atoms with Crippen LogP contribution in [0.2, 0.25) is 0 Å². The van der Waals surface area contributed by atoms with E-state index in [0.29, 0.717) is 24.2 Å². The van der Waals surface area contributed by atoms with Gasteiger partial charge >= 0.3 is 6.18 Å². The molecule has 6 heteroatoms. The molecule has 0 aliphatic rings. The van der Waals surface area contributed by atoms with Crippen LogP contribution in [0.1, 0.15) is 59.1 Å². The molecule has 4 aromatic rings. The van der Waals surface area contributed by atoms with Crippen LogP contribution in [-0.2, 0) is 31.2 Å². The van der Waals surface area contributed by atoms with Crippen molar-refractivity contribution >= 4 is 5.91 Å². The Hall–Kier alpha value is -3.80. The Morgan fingerprint density at radius 3 is 2.08 bits per heavy atom. The van der Waals surface area contributed by atoms with Gasteiger partial charge in [0.25, 0.3) is 5.91 Å². The highest BCUT2D eigenvalue weighted by Crippen LogP contribution is 2.30. The molecule has 1 heterocycles. The zero-order valence-corrected chi connectivity index (χ0v) is 21.3. The standard InChI is InChI=1S/C31H31F3N2O/c1-30(2,3)26-16-14-25(15-17-26)29(37)36(20-23-9-5-4-6-10-23)22-28-13-8-18-35(28)21-24-11-7-12-27(19-24)31(32,33)34/h4-19H,20-22H2,1-3H3. The van der Waals surface area contributed by atoms with Crippen LogP contribution in [-0.4, -0.2) is 15.4 Å². The second kappa shape index (κ2) is 10.7. The predicted octanol–water partition coefficient (Wildman–Crippen LogP) is 7.70. The topological polar surface area (TPSA) is 25.2 Å². The first-order chi connectivity index (χ1) is 17.5. The minimum absolute atomic E-state index is 0.0183. The van der Waals surface area contributed by atoms with Gasteiger partial charge in [-0.25, -0.2) is 0 Å². The molecule has 1 amide bonds. The van der Waals surface area contributed by atoms with Crippen LogP contribution in [0.4, 0.5) is 13.2 Å². The Balaban J connectivity index is 1.60. The number of amides is 1. The Kier molecular flexibility index (Phi) is 7.58. The summed E-state index contributed by atoms with van der Waals surface area (Å²) in [5.74, 6) is -0.101. The average molecular weight is 505 g/mol. The molecule has 0 saturated carbocycles. The summed E-state index contributed by atoms with van der Waals surface area (Å²) < 4.78 is 41.5. The van der Waals surface area contributed by atoms with E-state index in [-0.39, 0.29) is 17.9 Å². The largest absolute Gasteiger partial charge is 0.416 e. The molecule has 1 aromatic heterocycles. The number of benzene rings is 3. The Morgan fingerprint density at radius 2 is 1.43 bits per heavy atom. The lowest BCUT2D eigenvalue weighted by Gasteiger charge is -2.25. The van der Waals surface area contributed by atoms with Gasteiger partial charge in [0.2, 0.25) is 0 Å². The number of hydrogen-bond acceptors (Lipinski definition) is 1. The number of carbonyl (C=O) groups is 1. The van der Waals surface area contributed by atoms with Crippen molar-refractivity contribution in [3.8, 4) is 0 Å². The molecule has 192 valence electrons. The second-order valence-electron chi connectivity index (χ2n) is 10.3. The number of hydrogen-bond donors (Lipinski definition) is 0. The van der Waals surface area contributed by atoms with Crippen molar-refractivity contribution in [1.82, 2.24) is 9.47 Å². The van der Waals surface area contributed by atoms with E-state index >= 15 is 0 Å². The highest BCUT2D eigenvalue weighted by Gasteiger charge is 2.30. The molecule has 0 radical (unpaired) electrons. The number of rotatable bonds is 7. The molecule has 0 aliphatic carbocycles. The van der Waals surface area contributed by atoms with Gasteiger partial charge in [0.1, 0.15) is 0 Å². The summed E-state index contributed by atoms with van der Waals surface area (Å²) in [4.78, 5) is 15.4. The average Bonchev–Trinajstić information content (AvgIpc) is 3.29. The molecule has 0 fully saturated rings. The summed E-state index contributed by atoms with van der Waals surface area (Å²) in [5.41, 5.74) is 3.44. The zero-order valence-electron chi connectivity index (χ0n) is 21.3. The molecule has 0 unspecified atom stereocenters. The van der Waals surface area contributed by atoms with Gasteiger partial charge in [-0.1, -0.05) is 75.4 Å². The smallest absolute Gasteiger partial charge is 0.345 e. The molecule has 3 nitrogen and oxygen atoms in total. The molecular formula is C31H31F3N2O. The van der Waals surface area contributed by atoms with Crippen molar-refractivity contribution in [2.75, 3.05) is 0 Å². The first kappa shape index (κ1) is 26.3. The lowest BCUT2D eigenvalue weighted by Crippen LogP contribution is -2.31. The summed E-state index contributed by atoms with van der Waals surface area (Å²) in [5, 5.41) is 0. The predicted molar refractivity (Wildman–Crippen MR) is 140 cm³/mol. The molecule has 4 rings (SSSR count). The van der Waals surface area contributed by atoms with E-state index < -0.39 is 11.7 Å². The van der Waals surface area contributed by atoms with Crippen LogP contribution in [0.25, 0.3) is 0 Å². The van der Waals surface area contributed by atoms with Crippen molar-refractivity contribution < 1.29 is 18.0 Å². The maximum atomic E-state index is 13.7. The summed E-state index contributed by atoms with van der Waals surface area (Å²) in [7, 11) is 0. The fourth-order valence-corrected chi connectivity index (χ4v) is 4.28. The van der Waals surface area contributed by atoms with Crippen molar-refractivity contribution in [2.45, 2.75) is 52.0 Å². The van der Waals surface area contributed by atoms with Crippen molar-refractivity contribution in [3.63, 3.8) is 0 Å². The van der Waals surface area contributed by atoms with E-state index in [2.05, 4.69) is 20.8 Å². The van der Waals surface area contributed by atoms with Crippen LogP contribution >= 0.6 is 0 Å². The van der Waals surface area contributed by atoms with E-state index in [1.807, 2.05) is 77.5 Å². The molecule has 0 atom stereocenters. The summed E-state index contributed by atoms with van der Waals surface area (Å²) in [6.45, 7) is 7.40. The maximum absolute atomic E-state index is 13.7. The third-order valence-electron chi connectivity index (χ3n) is 6.38. The first-order valence-corrected chi connectivity index (χ1v) is 12.2. The van der Waals surface area contributed by atoms with Gasteiger partial charge < -0.3 is 9.47 Å². The molecule has 0 saturated heterocycles. The quantitative estimate of drug-likeness (QED) is 0.253. The zero-order chi connectivity index (χ0) is 26.6. The monoisotopic (exact) mass is 504 g/mol. The van der Waals surface area contributed by atoms with E-state index in [4.69, 9.17) is 0 Å². The highest BCUT2D eigenvalue weighted by molar-refractivity contribution is 5.94. The number of nitrogens with zero attached hydrogens (tertiary/aromatic N) is 2. The number of alkyl halides is 3. The van der Waals surface area contributed by atoms with Crippen molar-refractivity contribution in [3.05, 3.63) is 131 Å². The van der Waals surface area contributed by atoms with Crippen LogP contribution in [0.3, 0.4) is 0 Å². The van der Waals surface area contributed by atoms with Gasteiger partial charge in [0.15, 0.2) is 0 Å². The first-order valence-electron chi connectivity index (χ1n) is 12.2. The van der Waals surface area contributed by atoms with Crippen LogP contribution in [0, 0.1) is 0 Å². The maximum Gasteiger partial charge on any atom is 0.416 e. The number of carbonyl (C=O) groups excluding carboxylic acids is 1. The molecular weight excluding hydrogens is 473 g/mol. The second-order valence-corrected chi connectivity index (χ2v) is 10.3. The SMILES string of the molecule is CC(C)(C)c1ccc(C(=O)N(Cc2ccccc2)Cc2cccn2Cc2cccc(C(F)(F)F)c2)cc1. The van der Waals surface area contributed by atoms with Gasteiger partial charge in [0, 0.05) is 30.5 Å². The minimum atomic E-state index is -4.39. The fraction of sp³-hybridized carbons (Fsp3) is 0.258. The number of aromatic nitrogens is 1. The molecule has 0 aliphatic heterocycles. The summed E-state index contributed by atoms with van der Waals surface area (Å²) in [6.07, 6.45) is -2.56. The van der Waals surface area contributed by atoms with Crippen molar-refractivity contribution in [2.24, 2.45) is 0 Å². The van der Waals surface area contributed by atoms with Gasteiger partial charge in [0.05, 0.1) is 12.1 Å². The molecule has 37 heavy (non-hydrogen) atoms. The Morgan fingerprint density at radius 1 is 0.757 bits per heavy atom. The van der Waals surface area contributed by atoms with Gasteiger partial charge in [-0.3, -0.25) is 4.79 Å². The third-order valence-corrected chi connectivity index (χ3v) is 6.38. The van der Waals surface area contributed by atoms with Gasteiger partial charge in [-0.2, -0.15) is 13.2 Å². The summed E-state index contributed by atoms with van der Waals surface area (Å²) in [6, 6.07) is 26.6. The fourth-order valence-electron chi connectivity index (χ4n) is 4.28. The van der Waals surface area contributed by atoms with Gasteiger partial charge in [-0.15, -0.1) is 0 Å². The Bertz CT molecular complexity index is 1330. The van der Waals surface area contributed by atoms with Crippen LogP contribution in [0.5, 0.6) is 0 Å². The van der Waals surface area contributed by atoms with E-state index in [1.54, 1.807) is 11.0 Å². The number of halogens is 3. The van der Waals surface area contributed by atoms with E-state index in [0.717, 1.165) is 22.9 Å². The minimum Gasteiger partial charge on any atom is -0.345 e. The lowest BCUT2D eigenvalue weighted by atomic mass is 9.86. The molecule has 0 N–H and O–H groups in total. The van der Waals surface area contributed by atoms with Gasteiger partial charge in [-0.05, 0) is 58.5 Å². The lowest BCUT2D eigenvalue weighted by molar-refractivity contribution is -0.137. The van der Waals surface area contributed by atoms with Crippen LogP contribution < -0.4 is 0 Å². The van der Waals surface area contributed by atoms with E-state index in [9.17, 15) is 18.0 Å². The normalized spacial score (nSPS) is 11.9. The van der Waals surface area contributed by atoms with Crippen LogP contribution in [0.15, 0.2) is 97.2 Å².